The van der Waals surface area contributed by atoms with Crippen LogP contribution in [0.15, 0.2) is 23.1 Å². The number of fused-ring (bicyclic) bond motifs is 1. The molecule has 2 rings (SSSR count). The summed E-state index contributed by atoms with van der Waals surface area (Å²) >= 11 is 0. The zero-order valence-electron chi connectivity index (χ0n) is 13.0. The Bertz CT molecular complexity index is 722. The topological polar surface area (TPSA) is 96.3 Å². The molecular formula is C16H20N2O4S. The minimum Gasteiger partial charge on any atom is -0.447 e. The summed E-state index contributed by atoms with van der Waals surface area (Å²) in [7, 11) is -3.65. The quantitative estimate of drug-likeness (QED) is 0.797. The molecule has 0 heterocycles. The first-order chi connectivity index (χ1) is 10.9. The molecule has 0 saturated carbocycles. The third kappa shape index (κ3) is 4.78. The highest BCUT2D eigenvalue weighted by Gasteiger charge is 2.18. The fourth-order valence-corrected chi connectivity index (χ4v) is 3.61. The molecule has 1 aliphatic rings. The predicted molar refractivity (Wildman–Crippen MR) is 84.1 cm³/mol. The SMILES string of the molecule is C[C@H](C#N)OC(=O)CCNS(=O)(=O)c1ccc2c(c1)CCCC2. The van der Waals surface area contributed by atoms with Crippen LogP contribution in [0.4, 0.5) is 0 Å². The van der Waals surface area contributed by atoms with Gasteiger partial charge < -0.3 is 4.74 Å². The zero-order valence-corrected chi connectivity index (χ0v) is 13.9. The summed E-state index contributed by atoms with van der Waals surface area (Å²) in [6.45, 7) is 1.39. The van der Waals surface area contributed by atoms with Crippen LogP contribution in [0.1, 0.15) is 37.3 Å². The van der Waals surface area contributed by atoms with E-state index in [9.17, 15) is 13.2 Å². The van der Waals surface area contributed by atoms with Crippen molar-refractivity contribution in [1.82, 2.24) is 4.72 Å². The number of sulfonamides is 1. The fraction of sp³-hybridized carbons (Fsp3) is 0.500. The maximum atomic E-state index is 12.3. The number of nitriles is 1. The van der Waals surface area contributed by atoms with Crippen molar-refractivity contribution in [2.75, 3.05) is 6.54 Å². The van der Waals surface area contributed by atoms with Gasteiger partial charge in [-0.3, -0.25) is 4.79 Å². The van der Waals surface area contributed by atoms with E-state index in [4.69, 9.17) is 10.00 Å². The lowest BCUT2D eigenvalue weighted by atomic mass is 9.92. The molecule has 1 aromatic carbocycles. The van der Waals surface area contributed by atoms with E-state index in [0.717, 1.165) is 31.2 Å². The molecule has 0 aliphatic heterocycles. The summed E-state index contributed by atoms with van der Waals surface area (Å²) in [6.07, 6.45) is 3.16. The summed E-state index contributed by atoms with van der Waals surface area (Å²) in [4.78, 5) is 11.6. The summed E-state index contributed by atoms with van der Waals surface area (Å²) < 4.78 is 31.7. The van der Waals surface area contributed by atoms with Crippen molar-refractivity contribution >= 4 is 16.0 Å². The molecular weight excluding hydrogens is 316 g/mol. The molecule has 0 unspecified atom stereocenters. The van der Waals surface area contributed by atoms with Gasteiger partial charge in [0.1, 0.15) is 6.07 Å². The Morgan fingerprint density at radius 3 is 2.74 bits per heavy atom. The number of carbonyl (C=O) groups is 1. The molecule has 1 aliphatic carbocycles. The standard InChI is InChI=1S/C16H20N2O4S/c1-12(11-17)22-16(19)8-9-18-23(20,21)15-7-6-13-4-2-3-5-14(13)10-15/h6-7,10,12,18H,2-5,8-9H2,1H3/t12-/m1/s1. The van der Waals surface area contributed by atoms with Crippen LogP contribution in [-0.2, 0) is 32.4 Å². The largest absolute Gasteiger partial charge is 0.447 e. The fourth-order valence-electron chi connectivity index (χ4n) is 2.53. The van der Waals surface area contributed by atoms with Crippen LogP contribution in [0.25, 0.3) is 0 Å². The number of benzene rings is 1. The third-order valence-corrected chi connectivity index (χ3v) is 5.20. The van der Waals surface area contributed by atoms with Crippen LogP contribution in [0.5, 0.6) is 0 Å². The molecule has 7 heteroatoms. The number of rotatable bonds is 6. The van der Waals surface area contributed by atoms with Gasteiger partial charge in [0.25, 0.3) is 0 Å². The van der Waals surface area contributed by atoms with Crippen molar-refractivity contribution in [2.45, 2.75) is 50.0 Å². The number of aryl methyl sites for hydroxylation is 2. The van der Waals surface area contributed by atoms with Gasteiger partial charge in [-0.05, 0) is 55.9 Å². The van der Waals surface area contributed by atoms with E-state index in [1.165, 1.54) is 12.5 Å². The maximum absolute atomic E-state index is 12.3. The molecule has 0 saturated heterocycles. The van der Waals surface area contributed by atoms with Gasteiger partial charge >= 0.3 is 5.97 Å². The number of nitrogens with zero attached hydrogens (tertiary/aromatic N) is 1. The Kier molecular flexibility index (Phi) is 5.74. The van der Waals surface area contributed by atoms with Crippen LogP contribution in [-0.4, -0.2) is 27.0 Å². The number of hydrogen-bond acceptors (Lipinski definition) is 5. The highest BCUT2D eigenvalue weighted by atomic mass is 32.2. The van der Waals surface area contributed by atoms with Gasteiger partial charge in [0.2, 0.25) is 10.0 Å². The van der Waals surface area contributed by atoms with E-state index in [-0.39, 0.29) is 17.9 Å². The Balaban J connectivity index is 1.94. The molecule has 23 heavy (non-hydrogen) atoms. The molecule has 0 radical (unpaired) electrons. The Hall–Kier alpha value is -1.91. The lowest BCUT2D eigenvalue weighted by Crippen LogP contribution is -2.27. The first-order valence-corrected chi connectivity index (χ1v) is 9.11. The van der Waals surface area contributed by atoms with Crippen molar-refractivity contribution in [3.05, 3.63) is 29.3 Å². The minimum atomic E-state index is -3.65. The zero-order chi connectivity index (χ0) is 16.9. The van der Waals surface area contributed by atoms with E-state index in [1.54, 1.807) is 18.2 Å². The highest BCUT2D eigenvalue weighted by Crippen LogP contribution is 2.23. The number of carbonyl (C=O) groups excluding carboxylic acids is 1. The number of esters is 1. The van der Waals surface area contributed by atoms with E-state index in [1.807, 2.05) is 6.07 Å². The first kappa shape index (κ1) is 17.4. The van der Waals surface area contributed by atoms with Gasteiger partial charge in [-0.1, -0.05) is 6.07 Å². The highest BCUT2D eigenvalue weighted by molar-refractivity contribution is 7.89. The molecule has 0 amide bonds. The lowest BCUT2D eigenvalue weighted by Gasteiger charge is -2.16. The van der Waals surface area contributed by atoms with Gasteiger partial charge in [-0.15, -0.1) is 0 Å². The first-order valence-electron chi connectivity index (χ1n) is 7.63. The van der Waals surface area contributed by atoms with Gasteiger partial charge in [0.05, 0.1) is 11.3 Å². The van der Waals surface area contributed by atoms with Crippen LogP contribution < -0.4 is 4.72 Å². The van der Waals surface area contributed by atoms with Crippen molar-refractivity contribution in [1.29, 1.82) is 5.26 Å². The molecule has 0 bridgehead atoms. The number of ether oxygens (including phenoxy) is 1. The smallest absolute Gasteiger partial charge is 0.308 e. The molecule has 124 valence electrons. The lowest BCUT2D eigenvalue weighted by molar-refractivity contribution is -0.145. The van der Waals surface area contributed by atoms with E-state index >= 15 is 0 Å². The van der Waals surface area contributed by atoms with Crippen LogP contribution in [0.3, 0.4) is 0 Å². The molecule has 1 atom stereocenters. The second kappa shape index (κ2) is 7.57. The van der Waals surface area contributed by atoms with Crippen molar-refractivity contribution < 1.29 is 17.9 Å². The van der Waals surface area contributed by atoms with Crippen LogP contribution in [0.2, 0.25) is 0 Å². The van der Waals surface area contributed by atoms with Crippen LogP contribution in [0, 0.1) is 11.3 Å². The molecule has 0 aromatic heterocycles. The van der Waals surface area contributed by atoms with Crippen molar-refractivity contribution in [3.63, 3.8) is 0 Å². The maximum Gasteiger partial charge on any atom is 0.308 e. The Labute approximate surface area is 136 Å². The Morgan fingerprint density at radius 2 is 2.04 bits per heavy atom. The third-order valence-electron chi connectivity index (χ3n) is 3.74. The number of hydrogen-bond donors (Lipinski definition) is 1. The van der Waals surface area contributed by atoms with Crippen LogP contribution >= 0.6 is 0 Å². The normalized spacial score (nSPS) is 15.3. The van der Waals surface area contributed by atoms with Gasteiger partial charge in [-0.25, -0.2) is 13.1 Å². The predicted octanol–water partition coefficient (Wildman–Crippen LogP) is 1.69. The van der Waals surface area contributed by atoms with E-state index < -0.39 is 22.1 Å². The molecule has 0 spiro atoms. The van der Waals surface area contributed by atoms with Gasteiger partial charge in [-0.2, -0.15) is 5.26 Å². The molecule has 0 fully saturated rings. The number of nitrogens with one attached hydrogen (secondary N) is 1. The van der Waals surface area contributed by atoms with Gasteiger partial charge in [0, 0.05) is 6.54 Å². The average molecular weight is 336 g/mol. The monoisotopic (exact) mass is 336 g/mol. The van der Waals surface area contributed by atoms with E-state index in [0.29, 0.717) is 0 Å². The van der Waals surface area contributed by atoms with Gasteiger partial charge in [0.15, 0.2) is 6.10 Å². The van der Waals surface area contributed by atoms with Crippen molar-refractivity contribution in [2.24, 2.45) is 0 Å². The summed E-state index contributed by atoms with van der Waals surface area (Å²) in [5.41, 5.74) is 2.30. The van der Waals surface area contributed by atoms with Crippen molar-refractivity contribution in [3.8, 4) is 6.07 Å². The summed E-state index contributed by atoms with van der Waals surface area (Å²) in [6, 6.07) is 6.96. The second-order valence-corrected chi connectivity index (χ2v) is 7.31. The van der Waals surface area contributed by atoms with E-state index in [2.05, 4.69) is 4.72 Å². The average Bonchev–Trinajstić information content (AvgIpc) is 2.54. The molecule has 1 N–H and O–H groups in total. The Morgan fingerprint density at radius 1 is 1.35 bits per heavy atom. The molecule has 1 aromatic rings. The molecule has 6 nitrogen and oxygen atoms in total. The minimum absolute atomic E-state index is 0.0591. The summed E-state index contributed by atoms with van der Waals surface area (Å²) in [5.74, 6) is -0.604. The summed E-state index contributed by atoms with van der Waals surface area (Å²) in [5, 5.41) is 8.55. The second-order valence-electron chi connectivity index (χ2n) is 5.55.